The number of carbonyl (C=O) groups is 1. The first-order valence-corrected chi connectivity index (χ1v) is 11.5. The first kappa shape index (κ1) is 26.3. The lowest BCUT2D eigenvalue weighted by Crippen LogP contribution is -2.30. The lowest BCUT2D eigenvalue weighted by molar-refractivity contribution is 0.102. The van der Waals surface area contributed by atoms with Crippen LogP contribution in [-0.2, 0) is 0 Å². The van der Waals surface area contributed by atoms with Crippen LogP contribution in [0.5, 0.6) is 0 Å². The molecule has 0 aliphatic carbocycles. The molecule has 0 aliphatic rings. The Bertz CT molecular complexity index is 1000. The highest BCUT2D eigenvalue weighted by atomic mass is 16.1. The second-order valence-corrected chi connectivity index (χ2v) is 8.74. The van der Waals surface area contributed by atoms with E-state index in [0.717, 1.165) is 29.1 Å². The monoisotopic (exact) mass is 445 g/mol. The SMILES string of the molecule is [B]c1ncc(C(=O)Nc2cccc([C@H](C)NC(C)C=N/C(=C/N(C)CC)C(C)C)c2)cc1C. The molecule has 2 radical (unpaired) electrons. The molecule has 2 atom stereocenters. The molecule has 0 fully saturated rings. The van der Waals surface area contributed by atoms with Gasteiger partial charge in [0.05, 0.1) is 11.3 Å². The van der Waals surface area contributed by atoms with E-state index in [2.05, 4.69) is 68.4 Å². The van der Waals surface area contributed by atoms with Gasteiger partial charge in [0.25, 0.3) is 5.91 Å². The fourth-order valence-corrected chi connectivity index (χ4v) is 3.18. The van der Waals surface area contributed by atoms with E-state index in [1.807, 2.05) is 37.4 Å². The van der Waals surface area contributed by atoms with Crippen LogP contribution in [0, 0.1) is 12.8 Å². The second kappa shape index (κ2) is 12.4. The van der Waals surface area contributed by atoms with Gasteiger partial charge in [0.15, 0.2) is 0 Å². The quantitative estimate of drug-likeness (QED) is 0.429. The summed E-state index contributed by atoms with van der Waals surface area (Å²) in [7, 11) is 7.80. The van der Waals surface area contributed by atoms with E-state index in [0.29, 0.717) is 17.1 Å². The lowest BCUT2D eigenvalue weighted by atomic mass is 9.97. The van der Waals surface area contributed by atoms with Crippen molar-refractivity contribution in [2.75, 3.05) is 18.9 Å². The second-order valence-electron chi connectivity index (χ2n) is 8.74. The largest absolute Gasteiger partial charge is 0.379 e. The summed E-state index contributed by atoms with van der Waals surface area (Å²) in [5.74, 6) is 0.133. The Morgan fingerprint density at radius 1 is 1.24 bits per heavy atom. The number of nitrogens with one attached hydrogen (secondary N) is 2. The molecule has 6 nitrogen and oxygen atoms in total. The van der Waals surface area contributed by atoms with Gasteiger partial charge >= 0.3 is 0 Å². The Balaban J connectivity index is 2.04. The van der Waals surface area contributed by atoms with Crippen LogP contribution in [0.1, 0.15) is 62.1 Å². The summed E-state index contributed by atoms with van der Waals surface area (Å²) in [6.45, 7) is 13.4. The van der Waals surface area contributed by atoms with Crippen LogP contribution < -0.4 is 16.2 Å². The minimum absolute atomic E-state index is 0.0773. The molecule has 33 heavy (non-hydrogen) atoms. The number of aryl methyl sites for hydroxylation is 1. The van der Waals surface area contributed by atoms with E-state index in [1.165, 1.54) is 6.20 Å². The normalized spacial score (nSPS) is 13.9. The topological polar surface area (TPSA) is 69.6 Å². The fraction of sp³-hybridized carbons (Fsp3) is 0.423. The van der Waals surface area contributed by atoms with Gasteiger partial charge in [-0.2, -0.15) is 0 Å². The van der Waals surface area contributed by atoms with Crippen LogP contribution in [-0.4, -0.2) is 49.5 Å². The summed E-state index contributed by atoms with van der Waals surface area (Å²) in [4.78, 5) is 23.5. The number of aliphatic imine (C=N–C) groups is 1. The zero-order valence-electron chi connectivity index (χ0n) is 20.9. The summed E-state index contributed by atoms with van der Waals surface area (Å²) in [6.07, 6.45) is 5.54. The molecule has 0 saturated carbocycles. The standard InChI is InChI=1S/C26H36BN5O/c1-8-32(7)16-24(17(2)3)28-14-19(5)30-20(6)21-10-9-11-23(13-21)31-26(33)22-12-18(4)25(27)29-15-22/h9-17,19-20,30H,8H2,1-7H3,(H,31,33)/b24-16+,28-14?/t19?,20-/m0/s1. The van der Waals surface area contributed by atoms with Gasteiger partial charge < -0.3 is 15.5 Å². The third kappa shape index (κ3) is 8.17. The van der Waals surface area contributed by atoms with E-state index < -0.39 is 0 Å². The van der Waals surface area contributed by atoms with E-state index >= 15 is 0 Å². The molecule has 1 aromatic carbocycles. The molecule has 0 bridgehead atoms. The molecule has 7 heteroatoms. The number of rotatable bonds is 10. The van der Waals surface area contributed by atoms with Gasteiger partial charge in [0, 0.05) is 50.0 Å². The molecule has 2 rings (SSSR count). The highest BCUT2D eigenvalue weighted by Gasteiger charge is 2.12. The number of anilines is 1. The van der Waals surface area contributed by atoms with Gasteiger partial charge in [-0.05, 0) is 68.5 Å². The Labute approximate surface area is 200 Å². The first-order valence-electron chi connectivity index (χ1n) is 11.5. The van der Waals surface area contributed by atoms with E-state index in [-0.39, 0.29) is 18.0 Å². The number of hydrogen-bond acceptors (Lipinski definition) is 5. The third-order valence-electron chi connectivity index (χ3n) is 5.43. The van der Waals surface area contributed by atoms with E-state index in [4.69, 9.17) is 12.8 Å². The van der Waals surface area contributed by atoms with Crippen LogP contribution >= 0.6 is 0 Å². The minimum atomic E-state index is -0.214. The van der Waals surface area contributed by atoms with Crippen molar-refractivity contribution in [2.24, 2.45) is 10.9 Å². The van der Waals surface area contributed by atoms with E-state index in [1.54, 1.807) is 6.07 Å². The molecule has 0 saturated heterocycles. The molecule has 1 amide bonds. The Morgan fingerprint density at radius 2 is 1.97 bits per heavy atom. The van der Waals surface area contributed by atoms with Gasteiger partial charge in [0.2, 0.25) is 0 Å². The molecular weight excluding hydrogens is 409 g/mol. The molecule has 2 N–H and O–H groups in total. The van der Waals surface area contributed by atoms with Crippen molar-refractivity contribution in [1.82, 2.24) is 15.2 Å². The van der Waals surface area contributed by atoms with Crippen molar-refractivity contribution in [2.45, 2.75) is 53.6 Å². The van der Waals surface area contributed by atoms with Crippen LogP contribution in [0.2, 0.25) is 0 Å². The summed E-state index contributed by atoms with van der Waals surface area (Å²) in [5, 5.41) is 6.50. The number of pyridine rings is 1. The predicted octanol–water partition coefficient (Wildman–Crippen LogP) is 4.00. The molecule has 0 spiro atoms. The highest BCUT2D eigenvalue weighted by molar-refractivity contribution is 6.31. The first-order chi connectivity index (χ1) is 15.6. The van der Waals surface area contributed by atoms with Gasteiger partial charge in [-0.15, -0.1) is 0 Å². The number of aromatic nitrogens is 1. The molecular formula is C26H36BN5O. The number of hydrogen-bond donors (Lipinski definition) is 2. The van der Waals surface area contributed by atoms with Crippen molar-refractivity contribution in [3.8, 4) is 0 Å². The molecule has 1 heterocycles. The minimum Gasteiger partial charge on any atom is -0.379 e. The van der Waals surface area contributed by atoms with Crippen LogP contribution in [0.4, 0.5) is 5.69 Å². The van der Waals surface area contributed by atoms with Gasteiger partial charge in [-0.3, -0.25) is 14.8 Å². The summed E-state index contributed by atoms with van der Waals surface area (Å²) in [6, 6.07) is 9.73. The van der Waals surface area contributed by atoms with Gasteiger partial charge in [-0.1, -0.05) is 26.0 Å². The van der Waals surface area contributed by atoms with Crippen molar-refractivity contribution < 1.29 is 4.79 Å². The predicted molar refractivity (Wildman–Crippen MR) is 139 cm³/mol. The van der Waals surface area contributed by atoms with Crippen molar-refractivity contribution in [3.63, 3.8) is 0 Å². The number of carbonyl (C=O) groups excluding carboxylic acids is 1. The maximum Gasteiger partial charge on any atom is 0.257 e. The summed E-state index contributed by atoms with van der Waals surface area (Å²) >= 11 is 0. The number of benzene rings is 1. The van der Waals surface area contributed by atoms with Crippen LogP contribution in [0.15, 0.2) is 53.4 Å². The molecule has 2 aromatic rings. The smallest absolute Gasteiger partial charge is 0.257 e. The maximum atomic E-state index is 12.6. The van der Waals surface area contributed by atoms with Crippen molar-refractivity contribution in [1.29, 1.82) is 0 Å². The Kier molecular flexibility index (Phi) is 9.85. The van der Waals surface area contributed by atoms with Gasteiger partial charge in [0.1, 0.15) is 7.85 Å². The molecule has 1 unspecified atom stereocenters. The van der Waals surface area contributed by atoms with Gasteiger partial charge in [-0.25, -0.2) is 0 Å². The van der Waals surface area contributed by atoms with Crippen molar-refractivity contribution >= 4 is 31.2 Å². The summed E-state index contributed by atoms with van der Waals surface area (Å²) in [5.41, 5.74) is 4.55. The van der Waals surface area contributed by atoms with Crippen LogP contribution in [0.3, 0.4) is 0 Å². The highest BCUT2D eigenvalue weighted by Crippen LogP contribution is 2.19. The molecule has 0 aliphatic heterocycles. The number of amides is 1. The molecule has 174 valence electrons. The number of nitrogens with zero attached hydrogens (tertiary/aromatic N) is 3. The van der Waals surface area contributed by atoms with E-state index in [9.17, 15) is 4.79 Å². The molecule has 1 aromatic heterocycles. The third-order valence-corrected chi connectivity index (χ3v) is 5.43. The number of allylic oxidation sites excluding steroid dienone is 1. The van der Waals surface area contributed by atoms with Crippen molar-refractivity contribution in [3.05, 3.63) is 65.1 Å². The lowest BCUT2D eigenvalue weighted by Gasteiger charge is -2.19. The maximum absolute atomic E-state index is 12.6. The Hall–Kier alpha value is -2.93. The average Bonchev–Trinajstić information content (AvgIpc) is 2.78. The zero-order chi connectivity index (χ0) is 24.5. The average molecular weight is 445 g/mol. The summed E-state index contributed by atoms with van der Waals surface area (Å²) < 4.78 is 0. The Morgan fingerprint density at radius 3 is 2.61 bits per heavy atom. The van der Waals surface area contributed by atoms with Crippen LogP contribution in [0.25, 0.3) is 0 Å². The fourth-order valence-electron chi connectivity index (χ4n) is 3.18. The zero-order valence-corrected chi connectivity index (χ0v) is 20.9.